The van der Waals surface area contributed by atoms with E-state index in [9.17, 15) is 9.59 Å². The van der Waals surface area contributed by atoms with Gasteiger partial charge >= 0.3 is 11.8 Å². The Morgan fingerprint density at radius 2 is 1.71 bits per heavy atom. The number of nitrogens with zero attached hydrogens (tertiary/aromatic N) is 1. The van der Waals surface area contributed by atoms with Crippen LogP contribution in [-0.4, -0.2) is 32.5 Å². The molecule has 6 heteroatoms. The summed E-state index contributed by atoms with van der Waals surface area (Å²) in [4.78, 5) is 25.4. The number of benzene rings is 1. The van der Waals surface area contributed by atoms with E-state index >= 15 is 0 Å². The summed E-state index contributed by atoms with van der Waals surface area (Å²) in [7, 11) is 4.02. The zero-order valence-corrected chi connectivity index (χ0v) is 14.9. The third-order valence-electron chi connectivity index (χ3n) is 3.62. The minimum absolute atomic E-state index is 0.383. The fourth-order valence-electron chi connectivity index (χ4n) is 2.19. The summed E-state index contributed by atoms with van der Waals surface area (Å²) in [5.74, 6) is -1.16. The molecule has 0 aliphatic carbocycles. The van der Waals surface area contributed by atoms with Crippen LogP contribution in [0.15, 0.2) is 41.1 Å². The van der Waals surface area contributed by atoms with Crippen LogP contribution in [0.2, 0.25) is 0 Å². The van der Waals surface area contributed by atoms with Gasteiger partial charge in [0.1, 0.15) is 0 Å². The van der Waals surface area contributed by atoms with Crippen LogP contribution in [-0.2, 0) is 22.6 Å². The lowest BCUT2D eigenvalue weighted by atomic mass is 10.1. The van der Waals surface area contributed by atoms with Gasteiger partial charge in [0.05, 0.1) is 0 Å². The normalized spacial score (nSPS) is 10.2. The average molecular weight is 345 g/mol. The monoisotopic (exact) mass is 345 g/mol. The Balaban J connectivity index is 1.64. The van der Waals surface area contributed by atoms with Gasteiger partial charge in [-0.2, -0.15) is 11.3 Å². The number of nitrogens with one attached hydrogen (secondary N) is 2. The molecule has 0 saturated heterocycles. The largest absolute Gasteiger partial charge is 0.378 e. The van der Waals surface area contributed by atoms with E-state index < -0.39 is 11.8 Å². The lowest BCUT2D eigenvalue weighted by molar-refractivity contribution is -0.139. The number of anilines is 1. The van der Waals surface area contributed by atoms with Crippen LogP contribution in [0.4, 0.5) is 5.69 Å². The minimum atomic E-state index is -0.587. The van der Waals surface area contributed by atoms with Crippen LogP contribution in [0.25, 0.3) is 0 Å². The molecule has 0 unspecified atom stereocenters. The quantitative estimate of drug-likeness (QED) is 0.597. The Kier molecular flexibility index (Phi) is 6.81. The highest BCUT2D eigenvalue weighted by Crippen LogP contribution is 2.13. The number of thiophene rings is 1. The van der Waals surface area contributed by atoms with Gasteiger partial charge in [-0.15, -0.1) is 0 Å². The zero-order chi connectivity index (χ0) is 17.4. The van der Waals surface area contributed by atoms with E-state index in [1.54, 1.807) is 11.3 Å². The van der Waals surface area contributed by atoms with Gasteiger partial charge in [0.2, 0.25) is 0 Å². The van der Waals surface area contributed by atoms with Gasteiger partial charge in [-0.1, -0.05) is 12.1 Å². The standard InChI is InChI=1S/C18H23N3O2S/c1-21(2)16-7-5-14(6-8-16)4-3-10-19-17(22)18(23)20-12-15-9-11-24-13-15/h5-9,11,13H,3-4,10,12H2,1-2H3,(H,19,22)(H,20,23). The highest BCUT2D eigenvalue weighted by molar-refractivity contribution is 7.07. The molecule has 0 saturated carbocycles. The third-order valence-corrected chi connectivity index (χ3v) is 4.35. The molecule has 5 nitrogen and oxygen atoms in total. The van der Waals surface area contributed by atoms with Crippen molar-refractivity contribution in [3.8, 4) is 0 Å². The Labute approximate surface area is 146 Å². The second kappa shape index (κ2) is 9.08. The lowest BCUT2D eigenvalue weighted by Gasteiger charge is -2.12. The summed E-state index contributed by atoms with van der Waals surface area (Å²) in [6.45, 7) is 0.869. The van der Waals surface area contributed by atoms with Gasteiger partial charge in [-0.05, 0) is 52.9 Å². The molecule has 24 heavy (non-hydrogen) atoms. The number of carbonyl (C=O) groups excluding carboxylic acids is 2. The highest BCUT2D eigenvalue weighted by Gasteiger charge is 2.12. The Hall–Kier alpha value is -2.34. The lowest BCUT2D eigenvalue weighted by Crippen LogP contribution is -2.39. The van der Waals surface area contributed by atoms with Crippen molar-refractivity contribution >= 4 is 28.8 Å². The second-order valence-electron chi connectivity index (χ2n) is 5.73. The molecular formula is C18H23N3O2S. The van der Waals surface area contributed by atoms with Crippen LogP contribution in [0.3, 0.4) is 0 Å². The number of hydrogen-bond donors (Lipinski definition) is 2. The summed E-state index contributed by atoms with van der Waals surface area (Å²) < 4.78 is 0. The van der Waals surface area contributed by atoms with Crippen molar-refractivity contribution in [1.29, 1.82) is 0 Å². The van der Waals surface area contributed by atoms with Gasteiger partial charge < -0.3 is 15.5 Å². The molecule has 0 fully saturated rings. The minimum Gasteiger partial charge on any atom is -0.378 e. The van der Waals surface area contributed by atoms with E-state index in [0.717, 1.165) is 24.1 Å². The van der Waals surface area contributed by atoms with E-state index in [1.807, 2.05) is 30.9 Å². The fraction of sp³-hybridized carbons (Fsp3) is 0.333. The molecule has 1 heterocycles. The summed E-state index contributed by atoms with van der Waals surface area (Å²) >= 11 is 1.56. The Bertz CT molecular complexity index is 651. The van der Waals surface area contributed by atoms with Crippen LogP contribution < -0.4 is 15.5 Å². The van der Waals surface area contributed by atoms with E-state index in [4.69, 9.17) is 0 Å². The van der Waals surface area contributed by atoms with Crippen molar-refractivity contribution in [2.45, 2.75) is 19.4 Å². The summed E-state index contributed by atoms with van der Waals surface area (Å²) in [6, 6.07) is 10.2. The van der Waals surface area contributed by atoms with Gasteiger partial charge in [0, 0.05) is 32.9 Å². The van der Waals surface area contributed by atoms with Crippen LogP contribution >= 0.6 is 11.3 Å². The summed E-state index contributed by atoms with van der Waals surface area (Å²) in [5.41, 5.74) is 3.38. The number of amides is 2. The van der Waals surface area contributed by atoms with E-state index in [0.29, 0.717) is 13.1 Å². The molecule has 0 aliphatic rings. The first kappa shape index (κ1) is 18.0. The van der Waals surface area contributed by atoms with Crippen molar-refractivity contribution in [3.63, 3.8) is 0 Å². The Morgan fingerprint density at radius 3 is 2.33 bits per heavy atom. The highest BCUT2D eigenvalue weighted by atomic mass is 32.1. The van der Waals surface area contributed by atoms with Crippen LogP contribution in [0.1, 0.15) is 17.5 Å². The molecule has 2 N–H and O–H groups in total. The van der Waals surface area contributed by atoms with Gasteiger partial charge in [0.15, 0.2) is 0 Å². The summed E-state index contributed by atoms with van der Waals surface area (Å²) in [5, 5.41) is 9.15. The first-order chi connectivity index (χ1) is 11.6. The average Bonchev–Trinajstić information content (AvgIpc) is 3.10. The molecule has 1 aromatic carbocycles. The molecule has 128 valence electrons. The van der Waals surface area contributed by atoms with Crippen molar-refractivity contribution in [1.82, 2.24) is 10.6 Å². The maximum Gasteiger partial charge on any atom is 0.309 e. The van der Waals surface area contributed by atoms with Gasteiger partial charge in [-0.25, -0.2) is 0 Å². The first-order valence-electron chi connectivity index (χ1n) is 7.89. The second-order valence-corrected chi connectivity index (χ2v) is 6.51. The van der Waals surface area contributed by atoms with Crippen LogP contribution in [0, 0.1) is 0 Å². The van der Waals surface area contributed by atoms with Crippen molar-refractivity contribution in [2.75, 3.05) is 25.5 Å². The number of hydrogen-bond acceptors (Lipinski definition) is 4. The third kappa shape index (κ3) is 5.70. The molecule has 0 atom stereocenters. The summed E-state index contributed by atoms with van der Waals surface area (Å²) in [6.07, 6.45) is 1.66. The molecule has 0 bridgehead atoms. The van der Waals surface area contributed by atoms with Gasteiger partial charge in [0.25, 0.3) is 0 Å². The van der Waals surface area contributed by atoms with Crippen LogP contribution in [0.5, 0.6) is 0 Å². The number of aryl methyl sites for hydroxylation is 1. The van der Waals surface area contributed by atoms with Crippen molar-refractivity contribution < 1.29 is 9.59 Å². The molecule has 2 amide bonds. The van der Waals surface area contributed by atoms with E-state index in [1.165, 1.54) is 5.56 Å². The predicted octanol–water partition coefficient (Wildman–Crippen LogP) is 2.18. The molecule has 1 aromatic heterocycles. The Morgan fingerprint density at radius 1 is 1.00 bits per heavy atom. The fourth-order valence-corrected chi connectivity index (χ4v) is 2.86. The smallest absolute Gasteiger partial charge is 0.309 e. The molecule has 2 aromatic rings. The van der Waals surface area contributed by atoms with Gasteiger partial charge in [-0.3, -0.25) is 9.59 Å². The molecule has 2 rings (SSSR count). The number of rotatable bonds is 7. The maximum absolute atomic E-state index is 11.7. The molecule has 0 spiro atoms. The molecular weight excluding hydrogens is 322 g/mol. The van der Waals surface area contributed by atoms with Crippen molar-refractivity contribution in [2.24, 2.45) is 0 Å². The predicted molar refractivity (Wildman–Crippen MR) is 98.3 cm³/mol. The molecule has 0 radical (unpaired) electrons. The van der Waals surface area contributed by atoms with E-state index in [2.05, 4.69) is 39.8 Å². The first-order valence-corrected chi connectivity index (χ1v) is 8.84. The maximum atomic E-state index is 11.7. The van der Waals surface area contributed by atoms with E-state index in [-0.39, 0.29) is 0 Å². The van der Waals surface area contributed by atoms with Crippen molar-refractivity contribution in [3.05, 3.63) is 52.2 Å². The zero-order valence-electron chi connectivity index (χ0n) is 14.0. The molecule has 0 aliphatic heterocycles. The SMILES string of the molecule is CN(C)c1ccc(CCCNC(=O)C(=O)NCc2ccsc2)cc1. The number of carbonyl (C=O) groups is 2. The topological polar surface area (TPSA) is 61.4 Å².